The van der Waals surface area contributed by atoms with Crippen LogP contribution in [-0.4, -0.2) is 37.5 Å². The van der Waals surface area contributed by atoms with E-state index in [1.807, 2.05) is 6.92 Å². The number of aliphatic hydroxyl groups excluding tert-OH is 1. The van der Waals surface area contributed by atoms with E-state index in [1.54, 1.807) is 0 Å². The number of rotatable bonds is 5. The van der Waals surface area contributed by atoms with Crippen LogP contribution >= 0.6 is 0 Å². The molecule has 0 radical (unpaired) electrons. The lowest BCUT2D eigenvalue weighted by atomic mass is 10.5. The van der Waals surface area contributed by atoms with Crippen LogP contribution in [-0.2, 0) is 10.2 Å². The van der Waals surface area contributed by atoms with Gasteiger partial charge in [0.1, 0.15) is 0 Å². The van der Waals surface area contributed by atoms with Crippen molar-refractivity contribution in [2.24, 2.45) is 5.14 Å². The first-order valence-electron chi connectivity index (χ1n) is 3.41. The van der Waals surface area contributed by atoms with Crippen LogP contribution in [0.1, 0.15) is 13.3 Å². The average molecular weight is 182 g/mol. The van der Waals surface area contributed by atoms with Crippen molar-refractivity contribution < 1.29 is 13.5 Å². The first kappa shape index (κ1) is 10.8. The molecule has 68 valence electrons. The summed E-state index contributed by atoms with van der Waals surface area (Å²) in [4.78, 5) is 0. The molecule has 0 heterocycles. The van der Waals surface area contributed by atoms with Crippen molar-refractivity contribution in [3.63, 3.8) is 0 Å². The molecule has 0 saturated carbocycles. The van der Waals surface area contributed by atoms with E-state index in [2.05, 4.69) is 0 Å². The molecule has 5 nitrogen and oxygen atoms in total. The molecule has 0 aliphatic carbocycles. The van der Waals surface area contributed by atoms with Gasteiger partial charge in [-0.2, -0.15) is 12.7 Å². The molecule has 0 saturated heterocycles. The third-order valence-corrected chi connectivity index (χ3v) is 2.27. The Kier molecular flexibility index (Phi) is 4.58. The first-order valence-corrected chi connectivity index (χ1v) is 4.91. The predicted molar refractivity (Wildman–Crippen MR) is 42.1 cm³/mol. The lowest BCUT2D eigenvalue weighted by Gasteiger charge is -2.16. The highest BCUT2D eigenvalue weighted by atomic mass is 32.2. The Morgan fingerprint density at radius 2 is 2.00 bits per heavy atom. The molecule has 6 heteroatoms. The second-order valence-electron chi connectivity index (χ2n) is 2.17. The molecule has 0 aromatic rings. The summed E-state index contributed by atoms with van der Waals surface area (Å²) in [6.45, 7) is 2.08. The molecular weight excluding hydrogens is 168 g/mol. The highest BCUT2D eigenvalue weighted by molar-refractivity contribution is 7.86. The molecule has 0 aromatic carbocycles. The van der Waals surface area contributed by atoms with E-state index in [-0.39, 0.29) is 13.2 Å². The van der Waals surface area contributed by atoms with E-state index in [9.17, 15) is 8.42 Å². The zero-order chi connectivity index (χ0) is 8.91. The summed E-state index contributed by atoms with van der Waals surface area (Å²) < 4.78 is 22.5. The minimum absolute atomic E-state index is 0.0761. The Bertz CT molecular complexity index is 184. The Labute approximate surface area is 67.0 Å². The van der Waals surface area contributed by atoms with Crippen LogP contribution in [0.15, 0.2) is 0 Å². The molecule has 11 heavy (non-hydrogen) atoms. The number of nitrogens with zero attached hydrogens (tertiary/aromatic N) is 1. The molecule has 0 aliphatic rings. The summed E-state index contributed by atoms with van der Waals surface area (Å²) >= 11 is 0. The van der Waals surface area contributed by atoms with E-state index >= 15 is 0 Å². The van der Waals surface area contributed by atoms with Gasteiger partial charge in [0.2, 0.25) is 0 Å². The van der Waals surface area contributed by atoms with E-state index in [1.165, 1.54) is 0 Å². The van der Waals surface area contributed by atoms with Gasteiger partial charge in [-0.3, -0.25) is 0 Å². The number of nitrogens with two attached hydrogens (primary N) is 1. The van der Waals surface area contributed by atoms with Gasteiger partial charge in [-0.25, -0.2) is 5.14 Å². The minimum Gasteiger partial charge on any atom is -0.395 e. The number of aliphatic hydroxyl groups is 1. The molecular formula is C5H14N2O3S. The van der Waals surface area contributed by atoms with Crippen molar-refractivity contribution in [3.05, 3.63) is 0 Å². The second-order valence-corrected chi connectivity index (χ2v) is 3.71. The smallest absolute Gasteiger partial charge is 0.276 e. The fraction of sp³-hybridized carbons (Fsp3) is 1.00. The normalized spacial score (nSPS) is 12.4. The van der Waals surface area contributed by atoms with Gasteiger partial charge in [0.15, 0.2) is 0 Å². The Balaban J connectivity index is 4.11. The summed E-state index contributed by atoms with van der Waals surface area (Å²) in [6, 6.07) is 0. The van der Waals surface area contributed by atoms with Crippen molar-refractivity contribution in [1.29, 1.82) is 0 Å². The molecule has 0 amide bonds. The average Bonchev–Trinajstić information content (AvgIpc) is 1.85. The summed E-state index contributed by atoms with van der Waals surface area (Å²) in [5, 5.41) is 13.3. The van der Waals surface area contributed by atoms with Gasteiger partial charge in [-0.15, -0.1) is 0 Å². The van der Waals surface area contributed by atoms with Crippen molar-refractivity contribution in [2.45, 2.75) is 13.3 Å². The molecule has 0 unspecified atom stereocenters. The second kappa shape index (κ2) is 4.66. The van der Waals surface area contributed by atoms with E-state index in [0.29, 0.717) is 13.0 Å². The third-order valence-electron chi connectivity index (χ3n) is 1.18. The zero-order valence-corrected chi connectivity index (χ0v) is 7.34. The topological polar surface area (TPSA) is 83.6 Å². The van der Waals surface area contributed by atoms with Gasteiger partial charge < -0.3 is 5.11 Å². The van der Waals surface area contributed by atoms with E-state index in [0.717, 1.165) is 4.31 Å². The summed E-state index contributed by atoms with van der Waals surface area (Å²) in [6.07, 6.45) is 0.691. The van der Waals surface area contributed by atoms with Crippen LogP contribution in [0.3, 0.4) is 0 Å². The maximum Gasteiger partial charge on any atom is 0.276 e. The standard InChI is InChI=1S/C5H14N2O3S/c1-2-3-7(4-5-8)11(6,9)10/h8H,2-5H2,1H3,(H2,6,9,10). The summed E-state index contributed by atoms with van der Waals surface area (Å²) in [7, 11) is -3.62. The third kappa shape index (κ3) is 4.31. The van der Waals surface area contributed by atoms with Crippen molar-refractivity contribution in [1.82, 2.24) is 4.31 Å². The highest BCUT2D eigenvalue weighted by Crippen LogP contribution is 1.94. The van der Waals surface area contributed by atoms with E-state index < -0.39 is 10.2 Å². The van der Waals surface area contributed by atoms with Crippen molar-refractivity contribution in [2.75, 3.05) is 19.7 Å². The van der Waals surface area contributed by atoms with Gasteiger partial charge >= 0.3 is 0 Å². The van der Waals surface area contributed by atoms with Gasteiger partial charge in [0, 0.05) is 13.1 Å². The maximum atomic E-state index is 10.7. The van der Waals surface area contributed by atoms with Crippen molar-refractivity contribution in [3.8, 4) is 0 Å². The zero-order valence-electron chi connectivity index (χ0n) is 6.52. The monoisotopic (exact) mass is 182 g/mol. The Morgan fingerprint density at radius 1 is 1.45 bits per heavy atom. The Morgan fingerprint density at radius 3 is 2.27 bits per heavy atom. The van der Waals surface area contributed by atoms with Crippen LogP contribution in [0.4, 0.5) is 0 Å². The molecule has 0 fully saturated rings. The van der Waals surface area contributed by atoms with Crippen LogP contribution < -0.4 is 5.14 Å². The summed E-state index contributed by atoms with van der Waals surface area (Å²) in [5.41, 5.74) is 0. The highest BCUT2D eigenvalue weighted by Gasteiger charge is 2.14. The van der Waals surface area contributed by atoms with Gasteiger partial charge in [0.25, 0.3) is 10.2 Å². The fourth-order valence-corrected chi connectivity index (χ4v) is 1.50. The molecule has 0 bridgehead atoms. The van der Waals surface area contributed by atoms with Gasteiger partial charge in [-0.05, 0) is 6.42 Å². The molecule has 0 spiro atoms. The van der Waals surface area contributed by atoms with Crippen LogP contribution in [0, 0.1) is 0 Å². The molecule has 0 atom stereocenters. The van der Waals surface area contributed by atoms with Crippen molar-refractivity contribution >= 4 is 10.2 Å². The molecule has 3 N–H and O–H groups in total. The Hall–Kier alpha value is -0.170. The van der Waals surface area contributed by atoms with Crippen LogP contribution in [0.25, 0.3) is 0 Å². The first-order chi connectivity index (χ1) is 5.02. The molecule has 0 aromatic heterocycles. The predicted octanol–water partition coefficient (Wildman–Crippen LogP) is -1.11. The fourth-order valence-electron chi connectivity index (χ4n) is 0.727. The lowest BCUT2D eigenvalue weighted by molar-refractivity contribution is 0.253. The largest absolute Gasteiger partial charge is 0.395 e. The summed E-state index contributed by atoms with van der Waals surface area (Å²) in [5.74, 6) is 0. The van der Waals surface area contributed by atoms with Gasteiger partial charge in [-0.1, -0.05) is 6.92 Å². The van der Waals surface area contributed by atoms with E-state index in [4.69, 9.17) is 10.2 Å². The molecule has 0 rings (SSSR count). The van der Waals surface area contributed by atoms with Gasteiger partial charge in [0.05, 0.1) is 6.61 Å². The number of hydrogen-bond donors (Lipinski definition) is 2. The maximum absolute atomic E-state index is 10.7. The minimum atomic E-state index is -3.62. The lowest BCUT2D eigenvalue weighted by Crippen LogP contribution is -2.39. The SMILES string of the molecule is CCCN(CCO)S(N)(=O)=O. The van der Waals surface area contributed by atoms with Crippen LogP contribution in [0.5, 0.6) is 0 Å². The quantitative estimate of drug-likeness (QED) is 0.565. The molecule has 0 aliphatic heterocycles. The van der Waals surface area contributed by atoms with Crippen LogP contribution in [0.2, 0.25) is 0 Å². The number of hydrogen-bond acceptors (Lipinski definition) is 3.